The van der Waals surface area contributed by atoms with E-state index in [4.69, 9.17) is 14.5 Å². The number of ether oxygens (including phenoxy) is 2. The molecule has 1 aliphatic carbocycles. The van der Waals surface area contributed by atoms with E-state index in [1.54, 1.807) is 48.1 Å². The lowest BCUT2D eigenvalue weighted by molar-refractivity contribution is -0.122. The number of fused-ring (bicyclic) bond motifs is 1. The summed E-state index contributed by atoms with van der Waals surface area (Å²) in [6, 6.07) is 10.7. The van der Waals surface area contributed by atoms with Crippen LogP contribution in [0.2, 0.25) is 0 Å². The van der Waals surface area contributed by atoms with E-state index in [2.05, 4.69) is 46.0 Å². The fourth-order valence-corrected chi connectivity index (χ4v) is 9.12. The van der Waals surface area contributed by atoms with E-state index in [-0.39, 0.29) is 60.2 Å². The first-order valence-electron chi connectivity index (χ1n) is 22.2. The van der Waals surface area contributed by atoms with Crippen molar-refractivity contribution in [2.75, 3.05) is 86.5 Å². The number of piperazine rings is 1. The number of ketones is 1. The molecule has 4 N–H and O–H groups in total. The van der Waals surface area contributed by atoms with Gasteiger partial charge in [0.05, 0.1) is 73.8 Å². The quantitative estimate of drug-likeness (QED) is 0.0566. The van der Waals surface area contributed by atoms with Crippen LogP contribution in [0.3, 0.4) is 0 Å². The zero-order chi connectivity index (χ0) is 45.9. The molecule has 5 heterocycles. The molecule has 19 heteroatoms. The van der Waals surface area contributed by atoms with Gasteiger partial charge in [-0.2, -0.15) is 4.98 Å². The highest BCUT2D eigenvalue weighted by Crippen LogP contribution is 2.32. The molecule has 1 saturated carbocycles. The van der Waals surface area contributed by atoms with Gasteiger partial charge < -0.3 is 30.3 Å². The monoisotopic (exact) mass is 907 g/mol. The number of hydrogen-bond acceptors (Lipinski definition) is 15. The van der Waals surface area contributed by atoms with Gasteiger partial charge in [0.25, 0.3) is 11.5 Å². The number of hydrogen-bond donors (Lipinski definition) is 4. The number of nitrogens with one attached hydrogen (secondary N) is 4. The molecule has 1 saturated heterocycles. The molecule has 3 amide bonds. The Morgan fingerprint density at radius 3 is 2.32 bits per heavy atom. The first-order valence-corrected chi connectivity index (χ1v) is 23.0. The molecule has 344 valence electrons. The summed E-state index contributed by atoms with van der Waals surface area (Å²) in [4.78, 5) is 88.0. The Morgan fingerprint density at radius 2 is 1.62 bits per heavy atom. The van der Waals surface area contributed by atoms with Crippen LogP contribution in [0.25, 0.3) is 11.0 Å². The van der Waals surface area contributed by atoms with Crippen LogP contribution in [0, 0.1) is 13.8 Å². The molecule has 2 aliphatic rings. The number of nitrogens with zero attached hydrogens (tertiary/aromatic N) is 7. The molecule has 1 aromatic carbocycles. The first-order chi connectivity index (χ1) is 31.5. The van der Waals surface area contributed by atoms with E-state index >= 15 is 0 Å². The van der Waals surface area contributed by atoms with Crippen LogP contribution in [-0.2, 0) is 25.5 Å². The minimum absolute atomic E-state index is 0.00652. The second-order valence-electron chi connectivity index (χ2n) is 16.1. The standard InChI is InChI=1S/C46H57N11O7S/c1-5-36-31(4)65-46(51-36)54-43(61)34-12-8-9-13-37(34)50-39(59)16-22-63-24-25-64-23-17-47-40(60)28-55-18-20-56(21-19-55)33-14-15-38(48-26-33)52-45-49-27-35-29(2)41(30(3)58)44(62)57(42(35)53-45)32-10-6-7-11-32/h8-9,12-15,26-27,32H,5-7,10-11,16-25,28H2,1-4H3,(H,47,60)(H,50,59)(H,51,54,61)(H,48,49,52,53). The Bertz CT molecular complexity index is 2550. The van der Waals surface area contributed by atoms with Gasteiger partial charge in [-0.05, 0) is 69.9 Å². The largest absolute Gasteiger partial charge is 0.379 e. The van der Waals surface area contributed by atoms with E-state index in [0.717, 1.165) is 61.5 Å². The predicted molar refractivity (Wildman–Crippen MR) is 251 cm³/mol. The lowest BCUT2D eigenvalue weighted by Crippen LogP contribution is -2.49. The smallest absolute Gasteiger partial charge is 0.263 e. The van der Waals surface area contributed by atoms with E-state index in [9.17, 15) is 24.0 Å². The molecule has 0 atom stereocenters. The third-order valence-electron chi connectivity index (χ3n) is 11.7. The topological polar surface area (TPSA) is 215 Å². The maximum absolute atomic E-state index is 13.6. The van der Waals surface area contributed by atoms with Crippen LogP contribution < -0.4 is 31.7 Å². The summed E-state index contributed by atoms with van der Waals surface area (Å²) in [7, 11) is 0. The first kappa shape index (κ1) is 46.8. The summed E-state index contributed by atoms with van der Waals surface area (Å²) in [6.07, 6.45) is 8.14. The highest BCUT2D eigenvalue weighted by atomic mass is 32.1. The Balaban J connectivity index is 0.762. The van der Waals surface area contributed by atoms with Gasteiger partial charge in [-0.1, -0.05) is 31.9 Å². The Kier molecular flexibility index (Phi) is 16.0. The molecule has 0 bridgehead atoms. The number of aryl methyl sites for hydroxylation is 3. The lowest BCUT2D eigenvalue weighted by atomic mass is 10.0. The summed E-state index contributed by atoms with van der Waals surface area (Å²) in [5.74, 6) is -0.0805. The lowest BCUT2D eigenvalue weighted by Gasteiger charge is -2.35. The molecule has 5 aromatic rings. The number of carbonyl (C=O) groups excluding carboxylic acids is 4. The maximum Gasteiger partial charge on any atom is 0.263 e. The van der Waals surface area contributed by atoms with Crippen LogP contribution in [0.1, 0.15) is 88.8 Å². The molecular formula is C46H57N11O7S. The number of rotatable bonds is 20. The maximum atomic E-state index is 13.6. The summed E-state index contributed by atoms with van der Waals surface area (Å²) in [6.45, 7) is 11.9. The number of Topliss-reactive ketones (excluding diaryl/α,β-unsaturated/α-hetero) is 1. The number of aromatic nitrogens is 5. The van der Waals surface area contributed by atoms with Crippen molar-refractivity contribution in [1.82, 2.24) is 34.7 Å². The molecule has 1 aliphatic heterocycles. The molecule has 65 heavy (non-hydrogen) atoms. The van der Waals surface area contributed by atoms with Gasteiger partial charge in [0.1, 0.15) is 11.5 Å². The fraction of sp³-hybridized carbons (Fsp3) is 0.457. The van der Waals surface area contributed by atoms with E-state index < -0.39 is 0 Å². The number of anilines is 5. The summed E-state index contributed by atoms with van der Waals surface area (Å²) in [5.41, 5.74) is 3.69. The second kappa shape index (κ2) is 22.2. The van der Waals surface area contributed by atoms with Crippen LogP contribution in [-0.4, -0.2) is 119 Å². The number of amides is 3. The normalized spacial score (nSPS) is 14.4. The summed E-state index contributed by atoms with van der Waals surface area (Å²) < 4.78 is 12.9. The van der Waals surface area contributed by atoms with Crippen molar-refractivity contribution in [3.05, 3.63) is 86.4 Å². The van der Waals surface area contributed by atoms with Gasteiger partial charge >= 0.3 is 0 Å². The molecule has 0 unspecified atom stereocenters. The van der Waals surface area contributed by atoms with Crippen LogP contribution in [0.4, 0.5) is 28.3 Å². The van der Waals surface area contributed by atoms with Crippen molar-refractivity contribution in [3.8, 4) is 0 Å². The van der Waals surface area contributed by atoms with Gasteiger partial charge in [0.2, 0.25) is 17.8 Å². The average molecular weight is 908 g/mol. The fourth-order valence-electron chi connectivity index (χ4n) is 8.22. The van der Waals surface area contributed by atoms with Crippen molar-refractivity contribution in [2.24, 2.45) is 0 Å². The molecule has 4 aromatic heterocycles. The highest BCUT2D eigenvalue weighted by molar-refractivity contribution is 7.15. The molecule has 2 fully saturated rings. The van der Waals surface area contributed by atoms with Crippen molar-refractivity contribution in [1.29, 1.82) is 0 Å². The van der Waals surface area contributed by atoms with Crippen molar-refractivity contribution in [3.63, 3.8) is 0 Å². The Labute approximate surface area is 381 Å². The molecule has 0 radical (unpaired) electrons. The SMILES string of the molecule is CCc1nc(NC(=O)c2ccccc2NC(=O)CCOCCOCCNC(=O)CN2CCN(c3ccc(Nc4ncc5c(C)c(C(C)=O)c(=O)n(C6CCCC6)c5n4)nc3)CC2)sc1C. The molecule has 0 spiro atoms. The van der Waals surface area contributed by atoms with Crippen LogP contribution in [0.5, 0.6) is 0 Å². The average Bonchev–Trinajstić information content (AvgIpc) is 3.95. The zero-order valence-electron chi connectivity index (χ0n) is 37.4. The Hall–Kier alpha value is -6.15. The molecule has 7 rings (SSSR count). The minimum atomic E-state index is -0.347. The van der Waals surface area contributed by atoms with Crippen LogP contribution >= 0.6 is 11.3 Å². The number of benzene rings is 1. The van der Waals surface area contributed by atoms with E-state index in [1.807, 2.05) is 26.0 Å². The van der Waals surface area contributed by atoms with E-state index in [0.29, 0.717) is 84.2 Å². The van der Waals surface area contributed by atoms with Crippen LogP contribution in [0.15, 0.2) is 53.6 Å². The van der Waals surface area contributed by atoms with Gasteiger partial charge in [-0.25, -0.2) is 15.0 Å². The minimum Gasteiger partial charge on any atom is -0.379 e. The second-order valence-corrected chi connectivity index (χ2v) is 17.3. The number of thiazole rings is 1. The third-order valence-corrected chi connectivity index (χ3v) is 12.6. The van der Waals surface area contributed by atoms with Gasteiger partial charge in [-0.15, -0.1) is 11.3 Å². The van der Waals surface area contributed by atoms with Crippen molar-refractivity contribution < 1.29 is 28.7 Å². The Morgan fingerprint density at radius 1 is 0.862 bits per heavy atom. The number of carbonyl (C=O) groups is 4. The predicted octanol–water partition coefficient (Wildman–Crippen LogP) is 5.44. The van der Waals surface area contributed by atoms with E-state index in [1.165, 1.54) is 18.3 Å². The summed E-state index contributed by atoms with van der Waals surface area (Å²) >= 11 is 1.42. The zero-order valence-corrected chi connectivity index (χ0v) is 38.2. The third kappa shape index (κ3) is 12.0. The van der Waals surface area contributed by atoms with Crippen molar-refractivity contribution in [2.45, 2.75) is 72.3 Å². The molecular weight excluding hydrogens is 851 g/mol. The van der Waals surface area contributed by atoms with Crippen molar-refractivity contribution >= 4 is 74.1 Å². The summed E-state index contributed by atoms with van der Waals surface area (Å²) in [5, 5.41) is 12.9. The van der Waals surface area contributed by atoms with Gasteiger partial charge in [0, 0.05) is 55.2 Å². The van der Waals surface area contributed by atoms with Gasteiger partial charge in [-0.3, -0.25) is 38.8 Å². The molecule has 18 nitrogen and oxygen atoms in total. The number of pyridine rings is 2. The van der Waals surface area contributed by atoms with Gasteiger partial charge in [0.15, 0.2) is 10.9 Å². The number of para-hydroxylation sites is 1. The highest BCUT2D eigenvalue weighted by Gasteiger charge is 2.26.